The molecule has 12 heteroatoms. The lowest BCUT2D eigenvalue weighted by Gasteiger charge is -2.24. The first-order valence-corrected chi connectivity index (χ1v) is 11.5. The summed E-state index contributed by atoms with van der Waals surface area (Å²) in [5.74, 6) is -0.633. The van der Waals surface area contributed by atoms with E-state index in [0.717, 1.165) is 5.56 Å². The fourth-order valence-corrected chi connectivity index (χ4v) is 4.92. The van der Waals surface area contributed by atoms with E-state index in [-0.39, 0.29) is 17.3 Å². The molecule has 4 unspecified atom stereocenters. The number of fused-ring (bicyclic) bond motifs is 2. The van der Waals surface area contributed by atoms with Crippen LogP contribution in [0.1, 0.15) is 25.6 Å². The molecule has 2 saturated heterocycles. The highest BCUT2D eigenvalue weighted by atomic mass is 32.2. The van der Waals surface area contributed by atoms with E-state index in [2.05, 4.69) is 15.0 Å². The summed E-state index contributed by atoms with van der Waals surface area (Å²) in [4.78, 5) is 12.6. The molecule has 5 rings (SSSR count). The van der Waals surface area contributed by atoms with E-state index in [1.54, 1.807) is 36.9 Å². The summed E-state index contributed by atoms with van der Waals surface area (Å²) in [6.45, 7) is 5.21. The summed E-state index contributed by atoms with van der Waals surface area (Å²) in [6, 6.07) is 6.43. The zero-order valence-corrected chi connectivity index (χ0v) is 18.5. The van der Waals surface area contributed by atoms with Gasteiger partial charge in [0.2, 0.25) is 0 Å². The third kappa shape index (κ3) is 3.63. The maximum atomic E-state index is 12.6. The number of imidazole rings is 1. The molecule has 3 aromatic rings. The summed E-state index contributed by atoms with van der Waals surface area (Å²) in [7, 11) is -3.97. The molecule has 2 aromatic heterocycles. The number of hydrogen-bond acceptors (Lipinski definition) is 10. The van der Waals surface area contributed by atoms with Crippen LogP contribution in [-0.2, 0) is 28.5 Å². The topological polar surface area (TPSA) is 141 Å². The summed E-state index contributed by atoms with van der Waals surface area (Å²) in [6.07, 6.45) is 0.417. The Labute approximate surface area is 184 Å². The number of ether oxygens (including phenoxy) is 3. The van der Waals surface area contributed by atoms with Crippen LogP contribution in [0, 0.1) is 6.92 Å². The second-order valence-corrected chi connectivity index (χ2v) is 9.88. The standard InChI is InChI=1S/C20H23N5O6S/c1-11-4-6-12(7-5-11)32(26,27)28-8-13-15-16(31-20(2,3)30-15)19(29-13)25-10-24-14-17(21)22-9-23-18(14)25/h4-7,9-10,13,15-16,19H,8H2,1-3H3,(H2,21,22,23). The van der Waals surface area contributed by atoms with Gasteiger partial charge in [0.1, 0.15) is 30.2 Å². The van der Waals surface area contributed by atoms with Gasteiger partial charge in [-0.3, -0.25) is 8.75 Å². The fraction of sp³-hybridized carbons (Fsp3) is 0.450. The first-order valence-electron chi connectivity index (χ1n) is 10.0. The monoisotopic (exact) mass is 461 g/mol. The number of nitrogens with zero attached hydrogens (tertiary/aromatic N) is 4. The third-order valence-electron chi connectivity index (χ3n) is 5.48. The molecular weight excluding hydrogens is 438 g/mol. The Hall–Kier alpha value is -2.64. The van der Waals surface area contributed by atoms with Crippen LogP contribution in [0.5, 0.6) is 0 Å². The van der Waals surface area contributed by atoms with Gasteiger partial charge in [0, 0.05) is 0 Å². The van der Waals surface area contributed by atoms with Crippen molar-refractivity contribution in [3.05, 3.63) is 42.5 Å². The van der Waals surface area contributed by atoms with Crippen molar-refractivity contribution in [1.29, 1.82) is 0 Å². The maximum absolute atomic E-state index is 12.6. The zero-order chi connectivity index (χ0) is 22.7. The van der Waals surface area contributed by atoms with E-state index in [0.29, 0.717) is 11.2 Å². The van der Waals surface area contributed by atoms with Gasteiger partial charge in [-0.2, -0.15) is 8.42 Å². The SMILES string of the molecule is Cc1ccc(S(=O)(=O)OCC2OC(n3cnc4c(N)ncnc43)C3OC(C)(C)OC23)cc1. The molecule has 32 heavy (non-hydrogen) atoms. The number of benzene rings is 1. The highest BCUT2D eigenvalue weighted by molar-refractivity contribution is 7.86. The van der Waals surface area contributed by atoms with Crippen LogP contribution >= 0.6 is 0 Å². The average molecular weight is 462 g/mol. The number of rotatable bonds is 5. The number of nitrogen functional groups attached to an aromatic ring is 1. The molecule has 170 valence electrons. The van der Waals surface area contributed by atoms with Gasteiger partial charge in [-0.25, -0.2) is 15.0 Å². The fourth-order valence-electron chi connectivity index (χ4n) is 4.00. The first-order chi connectivity index (χ1) is 15.1. The largest absolute Gasteiger partial charge is 0.382 e. The van der Waals surface area contributed by atoms with Crippen molar-refractivity contribution in [3.63, 3.8) is 0 Å². The van der Waals surface area contributed by atoms with Crippen LogP contribution < -0.4 is 5.73 Å². The minimum atomic E-state index is -3.97. The zero-order valence-electron chi connectivity index (χ0n) is 17.7. The predicted octanol–water partition coefficient (Wildman–Crippen LogP) is 1.54. The van der Waals surface area contributed by atoms with E-state index in [9.17, 15) is 8.42 Å². The maximum Gasteiger partial charge on any atom is 0.297 e. The Bertz CT molecular complexity index is 1260. The highest BCUT2D eigenvalue weighted by Crippen LogP contribution is 2.44. The van der Waals surface area contributed by atoms with Gasteiger partial charge in [-0.1, -0.05) is 17.7 Å². The van der Waals surface area contributed by atoms with Gasteiger partial charge in [0.25, 0.3) is 10.1 Å². The Balaban J connectivity index is 1.41. The second-order valence-electron chi connectivity index (χ2n) is 8.26. The molecule has 0 saturated carbocycles. The molecule has 0 spiro atoms. The molecule has 4 atom stereocenters. The molecule has 1 aromatic carbocycles. The Morgan fingerprint density at radius 3 is 2.59 bits per heavy atom. The molecule has 0 aliphatic carbocycles. The quantitative estimate of drug-likeness (QED) is 0.556. The molecule has 0 amide bonds. The van der Waals surface area contributed by atoms with Gasteiger partial charge in [-0.05, 0) is 32.9 Å². The lowest BCUT2D eigenvalue weighted by atomic mass is 10.1. The van der Waals surface area contributed by atoms with E-state index >= 15 is 0 Å². The van der Waals surface area contributed by atoms with Crippen LogP contribution in [0.3, 0.4) is 0 Å². The second kappa shape index (κ2) is 7.46. The summed E-state index contributed by atoms with van der Waals surface area (Å²) >= 11 is 0. The molecule has 0 bridgehead atoms. The van der Waals surface area contributed by atoms with E-state index < -0.39 is 40.4 Å². The van der Waals surface area contributed by atoms with Gasteiger partial charge in [0.05, 0.1) is 17.8 Å². The van der Waals surface area contributed by atoms with Crippen molar-refractivity contribution < 1.29 is 26.8 Å². The number of aryl methyl sites for hydroxylation is 1. The van der Waals surface area contributed by atoms with E-state index in [1.165, 1.54) is 18.5 Å². The average Bonchev–Trinajstić information content (AvgIpc) is 3.38. The highest BCUT2D eigenvalue weighted by Gasteiger charge is 2.56. The smallest absolute Gasteiger partial charge is 0.297 e. The minimum Gasteiger partial charge on any atom is -0.382 e. The van der Waals surface area contributed by atoms with Gasteiger partial charge in [-0.15, -0.1) is 0 Å². The molecule has 2 fully saturated rings. The third-order valence-corrected chi connectivity index (χ3v) is 6.78. The molecule has 11 nitrogen and oxygen atoms in total. The predicted molar refractivity (Wildman–Crippen MR) is 112 cm³/mol. The van der Waals surface area contributed by atoms with Gasteiger partial charge in [0.15, 0.2) is 23.5 Å². The molecule has 0 radical (unpaired) electrons. The van der Waals surface area contributed by atoms with Crippen molar-refractivity contribution in [2.24, 2.45) is 0 Å². The molecular formula is C20H23N5O6S. The summed E-state index contributed by atoms with van der Waals surface area (Å²) in [5, 5.41) is 0. The molecule has 4 heterocycles. The van der Waals surface area contributed by atoms with Crippen LogP contribution in [0.15, 0.2) is 41.8 Å². The van der Waals surface area contributed by atoms with Crippen molar-refractivity contribution in [2.45, 2.75) is 56.0 Å². The van der Waals surface area contributed by atoms with Crippen LogP contribution in [-0.4, -0.2) is 58.6 Å². The lowest BCUT2D eigenvalue weighted by Crippen LogP contribution is -2.33. The van der Waals surface area contributed by atoms with Crippen molar-refractivity contribution in [3.8, 4) is 0 Å². The summed E-state index contributed by atoms with van der Waals surface area (Å²) in [5.41, 5.74) is 7.76. The minimum absolute atomic E-state index is 0.0749. The number of anilines is 1. The molecule has 2 aliphatic heterocycles. The van der Waals surface area contributed by atoms with Crippen LogP contribution in [0.4, 0.5) is 5.82 Å². The van der Waals surface area contributed by atoms with Gasteiger partial charge < -0.3 is 19.9 Å². The number of aromatic nitrogens is 4. The molecule has 2 N–H and O–H groups in total. The van der Waals surface area contributed by atoms with Crippen molar-refractivity contribution in [2.75, 3.05) is 12.3 Å². The Morgan fingerprint density at radius 1 is 1.12 bits per heavy atom. The number of hydrogen-bond donors (Lipinski definition) is 1. The van der Waals surface area contributed by atoms with Crippen molar-refractivity contribution in [1.82, 2.24) is 19.5 Å². The van der Waals surface area contributed by atoms with Crippen LogP contribution in [0.2, 0.25) is 0 Å². The van der Waals surface area contributed by atoms with E-state index in [4.69, 9.17) is 24.1 Å². The van der Waals surface area contributed by atoms with Crippen molar-refractivity contribution >= 4 is 27.1 Å². The summed E-state index contributed by atoms with van der Waals surface area (Å²) < 4.78 is 50.5. The van der Waals surface area contributed by atoms with E-state index in [1.807, 2.05) is 6.92 Å². The Morgan fingerprint density at radius 2 is 1.84 bits per heavy atom. The lowest BCUT2D eigenvalue weighted by molar-refractivity contribution is -0.198. The van der Waals surface area contributed by atoms with Crippen LogP contribution in [0.25, 0.3) is 11.2 Å². The Kier molecular flexibility index (Phi) is 4.94. The first kappa shape index (κ1) is 21.2. The van der Waals surface area contributed by atoms with Gasteiger partial charge >= 0.3 is 0 Å². The normalized spacial score (nSPS) is 27.1. The number of nitrogens with two attached hydrogens (primary N) is 1. The molecule has 2 aliphatic rings.